The summed E-state index contributed by atoms with van der Waals surface area (Å²) < 4.78 is 16.5. The quantitative estimate of drug-likeness (QED) is 0.791. The van der Waals surface area contributed by atoms with E-state index in [0.717, 1.165) is 0 Å². The van der Waals surface area contributed by atoms with Crippen molar-refractivity contribution >= 4 is 11.6 Å². The summed E-state index contributed by atoms with van der Waals surface area (Å²) in [5, 5.41) is 0.385. The van der Waals surface area contributed by atoms with Gasteiger partial charge in [-0.2, -0.15) is 0 Å². The summed E-state index contributed by atoms with van der Waals surface area (Å²) in [6, 6.07) is 5.12. The van der Waals surface area contributed by atoms with E-state index in [1.54, 1.807) is 18.2 Å². The van der Waals surface area contributed by atoms with Gasteiger partial charge in [-0.15, -0.1) is 0 Å². The van der Waals surface area contributed by atoms with Crippen LogP contribution in [-0.2, 0) is 6.54 Å². The molecule has 0 saturated heterocycles. The molecule has 1 rings (SSSR count). The van der Waals surface area contributed by atoms with Crippen molar-refractivity contribution in [1.82, 2.24) is 0 Å². The van der Waals surface area contributed by atoms with Gasteiger partial charge in [0.15, 0.2) is 0 Å². The summed E-state index contributed by atoms with van der Waals surface area (Å²) in [5.41, 5.74) is 6.10. The topological polar surface area (TPSA) is 35.2 Å². The highest BCUT2D eigenvalue weighted by atomic mass is 35.5. The largest absolute Gasteiger partial charge is 0.461 e. The lowest BCUT2D eigenvalue weighted by molar-refractivity contribution is 0.190. The fourth-order valence-electron chi connectivity index (χ4n) is 0.930. The van der Waals surface area contributed by atoms with Crippen LogP contribution in [0.5, 0.6) is 5.75 Å². The van der Waals surface area contributed by atoms with E-state index in [0.29, 0.717) is 16.3 Å². The summed E-state index contributed by atoms with van der Waals surface area (Å²) in [4.78, 5) is 0. The second kappa shape index (κ2) is 4.28. The first-order valence-electron chi connectivity index (χ1n) is 3.45. The van der Waals surface area contributed by atoms with Gasteiger partial charge in [-0.1, -0.05) is 23.7 Å². The second-order valence-corrected chi connectivity index (χ2v) is 2.59. The van der Waals surface area contributed by atoms with Crippen molar-refractivity contribution in [3.8, 4) is 5.75 Å². The zero-order chi connectivity index (χ0) is 8.97. The molecule has 0 heterocycles. The molecule has 12 heavy (non-hydrogen) atoms. The molecule has 0 saturated carbocycles. The number of hydrogen-bond donors (Lipinski definition) is 1. The number of halogens is 2. The molecule has 0 radical (unpaired) electrons. The summed E-state index contributed by atoms with van der Waals surface area (Å²) in [6.45, 7) is -0.605. The van der Waals surface area contributed by atoms with Gasteiger partial charge in [-0.25, -0.2) is 4.39 Å². The average Bonchev–Trinajstić information content (AvgIpc) is 2.09. The molecule has 1 aromatic carbocycles. The van der Waals surface area contributed by atoms with Gasteiger partial charge in [0.25, 0.3) is 0 Å². The summed E-state index contributed by atoms with van der Waals surface area (Å²) in [5.74, 6) is 0.337. The Morgan fingerprint density at radius 2 is 2.25 bits per heavy atom. The van der Waals surface area contributed by atoms with E-state index in [4.69, 9.17) is 17.3 Å². The first kappa shape index (κ1) is 9.29. The highest BCUT2D eigenvalue weighted by molar-refractivity contribution is 6.32. The average molecular weight is 190 g/mol. The summed E-state index contributed by atoms with van der Waals surface area (Å²) >= 11 is 5.74. The third kappa shape index (κ3) is 1.87. The van der Waals surface area contributed by atoms with E-state index in [-0.39, 0.29) is 6.54 Å². The predicted octanol–water partition coefficient (Wildman–Crippen LogP) is 2.10. The molecule has 4 heteroatoms. The van der Waals surface area contributed by atoms with E-state index in [1.165, 1.54) is 0 Å². The van der Waals surface area contributed by atoms with Crippen LogP contribution in [0.1, 0.15) is 5.56 Å². The van der Waals surface area contributed by atoms with E-state index in [2.05, 4.69) is 4.74 Å². The number of para-hydroxylation sites is 1. The van der Waals surface area contributed by atoms with E-state index >= 15 is 0 Å². The Morgan fingerprint density at radius 3 is 2.83 bits per heavy atom. The Hall–Kier alpha value is -0.800. The van der Waals surface area contributed by atoms with Crippen LogP contribution in [0.25, 0.3) is 0 Å². The molecule has 0 aliphatic rings. The Bertz CT molecular complexity index is 267. The normalized spacial score (nSPS) is 9.92. The Balaban J connectivity index is 3.02. The van der Waals surface area contributed by atoms with Gasteiger partial charge >= 0.3 is 0 Å². The van der Waals surface area contributed by atoms with Gasteiger partial charge in [-0.05, 0) is 6.07 Å². The van der Waals surface area contributed by atoms with Crippen molar-refractivity contribution in [2.45, 2.75) is 6.54 Å². The van der Waals surface area contributed by atoms with Crippen molar-refractivity contribution in [1.29, 1.82) is 0 Å². The molecule has 1 aromatic rings. The van der Waals surface area contributed by atoms with Crippen LogP contribution in [0, 0.1) is 0 Å². The first-order valence-corrected chi connectivity index (χ1v) is 3.83. The van der Waals surface area contributed by atoms with Crippen LogP contribution in [0.4, 0.5) is 4.39 Å². The molecule has 2 nitrogen and oxygen atoms in total. The highest BCUT2D eigenvalue weighted by Gasteiger charge is 2.05. The lowest BCUT2D eigenvalue weighted by Crippen LogP contribution is -2.01. The van der Waals surface area contributed by atoms with Crippen LogP contribution < -0.4 is 10.5 Å². The minimum absolute atomic E-state index is 0.288. The fourth-order valence-corrected chi connectivity index (χ4v) is 1.18. The number of hydrogen-bond acceptors (Lipinski definition) is 2. The van der Waals surface area contributed by atoms with Crippen LogP contribution in [-0.4, -0.2) is 6.86 Å². The van der Waals surface area contributed by atoms with Crippen molar-refractivity contribution in [3.63, 3.8) is 0 Å². The molecule has 0 atom stereocenters. The number of ether oxygens (including phenoxy) is 1. The Morgan fingerprint density at radius 1 is 1.50 bits per heavy atom. The van der Waals surface area contributed by atoms with Gasteiger partial charge in [-0.3, -0.25) is 0 Å². The molecule has 2 N–H and O–H groups in total. The number of rotatable bonds is 3. The van der Waals surface area contributed by atoms with Gasteiger partial charge in [0.2, 0.25) is 6.86 Å². The van der Waals surface area contributed by atoms with Crippen LogP contribution in [0.2, 0.25) is 5.02 Å². The van der Waals surface area contributed by atoms with Gasteiger partial charge in [0.1, 0.15) is 5.75 Å². The van der Waals surface area contributed by atoms with Crippen LogP contribution in [0.15, 0.2) is 18.2 Å². The monoisotopic (exact) mass is 189 g/mol. The molecular formula is C8H9ClFNO. The third-order valence-electron chi connectivity index (χ3n) is 1.47. The molecule has 0 aromatic heterocycles. The van der Waals surface area contributed by atoms with Crippen molar-refractivity contribution in [2.75, 3.05) is 6.86 Å². The molecule has 0 aliphatic heterocycles. The maximum atomic E-state index is 11.9. The predicted molar refractivity (Wildman–Crippen MR) is 45.9 cm³/mol. The fraction of sp³-hybridized carbons (Fsp3) is 0.250. The summed E-state index contributed by atoms with van der Waals surface area (Å²) in [6.07, 6.45) is 0. The van der Waals surface area contributed by atoms with Crippen molar-refractivity contribution < 1.29 is 9.13 Å². The molecule has 0 bridgehead atoms. The van der Waals surface area contributed by atoms with E-state index in [1.807, 2.05) is 0 Å². The molecule has 0 fully saturated rings. The van der Waals surface area contributed by atoms with Gasteiger partial charge in [0, 0.05) is 12.1 Å². The zero-order valence-corrected chi connectivity index (χ0v) is 7.14. The second-order valence-electron chi connectivity index (χ2n) is 2.19. The number of alkyl halides is 1. The minimum Gasteiger partial charge on any atom is -0.461 e. The first-order chi connectivity index (χ1) is 5.79. The molecular weight excluding hydrogens is 181 g/mol. The number of benzene rings is 1. The smallest absolute Gasteiger partial charge is 0.228 e. The molecule has 0 aliphatic carbocycles. The van der Waals surface area contributed by atoms with Gasteiger partial charge in [0.05, 0.1) is 5.02 Å². The van der Waals surface area contributed by atoms with Crippen molar-refractivity contribution in [3.05, 3.63) is 28.8 Å². The maximum Gasteiger partial charge on any atom is 0.228 e. The van der Waals surface area contributed by atoms with E-state index in [9.17, 15) is 4.39 Å². The molecule has 0 spiro atoms. The maximum absolute atomic E-state index is 11.9. The van der Waals surface area contributed by atoms with Crippen LogP contribution in [0.3, 0.4) is 0 Å². The SMILES string of the molecule is NCc1cccc(Cl)c1OCF. The van der Waals surface area contributed by atoms with Crippen molar-refractivity contribution in [2.24, 2.45) is 5.73 Å². The Labute approximate surface area is 75.1 Å². The Kier molecular flexibility index (Phi) is 3.31. The van der Waals surface area contributed by atoms with Crippen LogP contribution >= 0.6 is 11.6 Å². The standard InChI is InChI=1S/C8H9ClFNO/c9-7-3-1-2-6(4-11)8(7)12-5-10/h1-3H,4-5,11H2. The lowest BCUT2D eigenvalue weighted by Gasteiger charge is -2.08. The number of nitrogens with two attached hydrogens (primary N) is 1. The molecule has 0 amide bonds. The minimum atomic E-state index is -0.892. The molecule has 0 unspecified atom stereocenters. The summed E-state index contributed by atoms with van der Waals surface area (Å²) in [7, 11) is 0. The molecule has 66 valence electrons. The van der Waals surface area contributed by atoms with Gasteiger partial charge < -0.3 is 10.5 Å². The zero-order valence-electron chi connectivity index (χ0n) is 6.39. The highest BCUT2D eigenvalue weighted by Crippen LogP contribution is 2.28. The van der Waals surface area contributed by atoms with E-state index < -0.39 is 6.86 Å². The lowest BCUT2D eigenvalue weighted by atomic mass is 10.2. The third-order valence-corrected chi connectivity index (χ3v) is 1.76.